The lowest BCUT2D eigenvalue weighted by atomic mass is 10.2. The normalized spacial score (nSPS) is 12.5. The first-order valence-corrected chi connectivity index (χ1v) is 6.13. The molecule has 0 atom stereocenters. The fourth-order valence-corrected chi connectivity index (χ4v) is 1.92. The number of rotatable bonds is 4. The summed E-state index contributed by atoms with van der Waals surface area (Å²) >= 11 is 0. The third kappa shape index (κ3) is 3.94. The monoisotopic (exact) mass is 337 g/mol. The van der Waals surface area contributed by atoms with Gasteiger partial charge < -0.3 is 4.74 Å². The molecule has 0 aliphatic carbocycles. The highest BCUT2D eigenvalue weighted by atomic mass is 32.2. The van der Waals surface area contributed by atoms with Gasteiger partial charge in [-0.1, -0.05) is 0 Å². The first-order chi connectivity index (χ1) is 9.34. The van der Waals surface area contributed by atoms with Crippen LogP contribution in [0.25, 0.3) is 0 Å². The molecule has 21 heavy (non-hydrogen) atoms. The maximum atomic E-state index is 12.8. The Bertz CT molecular complexity index is 674. The van der Waals surface area contributed by atoms with Crippen molar-refractivity contribution in [2.45, 2.75) is 17.7 Å². The van der Waals surface area contributed by atoms with E-state index in [1.807, 2.05) is 0 Å². The molecule has 0 saturated heterocycles. The van der Waals surface area contributed by atoms with Crippen molar-refractivity contribution < 1.29 is 40.0 Å². The number of nitro groups is 1. The predicted octanol–water partition coefficient (Wildman–Crippen LogP) is 1.47. The minimum absolute atomic E-state index is 0.0282. The lowest BCUT2D eigenvalue weighted by Gasteiger charge is -2.13. The summed E-state index contributed by atoms with van der Waals surface area (Å²) in [6.45, 7) is 0. The van der Waals surface area contributed by atoms with Gasteiger partial charge in [0, 0.05) is 0 Å². The van der Waals surface area contributed by atoms with Gasteiger partial charge in [-0.2, -0.15) is 0 Å². The fraction of sp³-hybridized carbons (Fsp3) is 0.286. The quantitative estimate of drug-likeness (QED) is 0.504. The molecule has 0 fully saturated rings. The Morgan fingerprint density at radius 2 is 1.90 bits per heavy atom. The van der Waals surface area contributed by atoms with Gasteiger partial charge in [-0.15, -0.1) is 13.2 Å². The maximum Gasteiger partial charge on any atom is 0.574 e. The Balaban J connectivity index is 3.74. The first kappa shape index (κ1) is 17.0. The summed E-state index contributed by atoms with van der Waals surface area (Å²) in [6, 6.07) is 0. The standard InChI is InChI=1S/C7H4F5N3O5S/c8-5(9)3-4(15(16)17)2(21(13,18)19)1-14-6(3)20-7(10,11)12/h1,5H,(H2,13,18,19). The van der Waals surface area contributed by atoms with Crippen LogP contribution in [0.4, 0.5) is 27.6 Å². The van der Waals surface area contributed by atoms with Gasteiger partial charge in [0.15, 0.2) is 10.5 Å². The van der Waals surface area contributed by atoms with Crippen LogP contribution in [0.15, 0.2) is 11.1 Å². The van der Waals surface area contributed by atoms with Gasteiger partial charge in [0.05, 0.1) is 11.1 Å². The number of ether oxygens (including phenoxy) is 1. The van der Waals surface area contributed by atoms with Crippen LogP contribution in [0.3, 0.4) is 0 Å². The molecule has 0 aliphatic heterocycles. The van der Waals surface area contributed by atoms with E-state index in [9.17, 15) is 40.5 Å². The third-order valence-corrected chi connectivity index (χ3v) is 2.85. The average Bonchev–Trinajstić information content (AvgIpc) is 2.23. The van der Waals surface area contributed by atoms with Gasteiger partial charge in [0.25, 0.3) is 6.43 Å². The van der Waals surface area contributed by atoms with Crippen LogP contribution in [-0.2, 0) is 10.0 Å². The van der Waals surface area contributed by atoms with Crippen LogP contribution in [0.5, 0.6) is 5.88 Å². The molecule has 1 aromatic heterocycles. The van der Waals surface area contributed by atoms with Crippen LogP contribution >= 0.6 is 0 Å². The van der Waals surface area contributed by atoms with Crippen LogP contribution in [-0.4, -0.2) is 24.7 Å². The van der Waals surface area contributed by atoms with E-state index in [0.717, 1.165) is 0 Å². The van der Waals surface area contributed by atoms with E-state index in [0.29, 0.717) is 0 Å². The van der Waals surface area contributed by atoms with E-state index >= 15 is 0 Å². The number of hydrogen-bond acceptors (Lipinski definition) is 6. The topological polar surface area (TPSA) is 125 Å². The molecule has 1 rings (SSSR count). The van der Waals surface area contributed by atoms with Crippen molar-refractivity contribution in [2.75, 3.05) is 0 Å². The Kier molecular flexibility index (Phi) is 4.33. The molecule has 1 aromatic rings. The predicted molar refractivity (Wildman–Crippen MR) is 53.9 cm³/mol. The lowest BCUT2D eigenvalue weighted by molar-refractivity contribution is -0.389. The number of sulfonamides is 1. The molecule has 2 N–H and O–H groups in total. The zero-order valence-corrected chi connectivity index (χ0v) is 10.3. The molecule has 0 unspecified atom stereocenters. The molecule has 0 saturated carbocycles. The summed E-state index contributed by atoms with van der Waals surface area (Å²) in [5, 5.41) is 15.3. The number of aromatic nitrogens is 1. The van der Waals surface area contributed by atoms with Crippen LogP contribution in [0.1, 0.15) is 12.0 Å². The summed E-state index contributed by atoms with van der Waals surface area (Å²) in [5.41, 5.74) is -3.77. The smallest absolute Gasteiger partial charge is 0.387 e. The van der Waals surface area contributed by atoms with Crippen LogP contribution < -0.4 is 9.88 Å². The second kappa shape index (κ2) is 5.36. The zero-order chi connectivity index (χ0) is 16.6. The summed E-state index contributed by atoms with van der Waals surface area (Å²) in [7, 11) is -4.87. The van der Waals surface area contributed by atoms with Crippen molar-refractivity contribution in [3.63, 3.8) is 0 Å². The van der Waals surface area contributed by atoms with E-state index in [4.69, 9.17) is 0 Å². The van der Waals surface area contributed by atoms with Crippen LogP contribution in [0.2, 0.25) is 0 Å². The molecule has 0 spiro atoms. The third-order valence-electron chi connectivity index (χ3n) is 1.94. The first-order valence-electron chi connectivity index (χ1n) is 4.58. The van der Waals surface area contributed by atoms with E-state index in [1.165, 1.54) is 0 Å². The number of nitrogens with zero attached hydrogens (tertiary/aromatic N) is 2. The van der Waals surface area contributed by atoms with E-state index in [2.05, 4.69) is 14.9 Å². The maximum absolute atomic E-state index is 12.8. The van der Waals surface area contributed by atoms with E-state index in [-0.39, 0.29) is 6.20 Å². The SMILES string of the molecule is NS(=O)(=O)c1cnc(OC(F)(F)F)c(C(F)F)c1[N+](=O)[O-]. The van der Waals surface area contributed by atoms with Crippen molar-refractivity contribution in [3.05, 3.63) is 21.9 Å². The summed E-state index contributed by atoms with van der Waals surface area (Å²) in [4.78, 5) is 10.3. The molecular weight excluding hydrogens is 333 g/mol. The Morgan fingerprint density at radius 3 is 2.24 bits per heavy atom. The van der Waals surface area contributed by atoms with Gasteiger partial charge in [-0.05, 0) is 0 Å². The number of primary sulfonamides is 1. The second-order valence-electron chi connectivity index (χ2n) is 3.34. The molecule has 0 bridgehead atoms. The largest absolute Gasteiger partial charge is 0.574 e. The molecular formula is C7H4F5N3O5S. The van der Waals surface area contributed by atoms with Gasteiger partial charge in [-0.3, -0.25) is 10.1 Å². The highest BCUT2D eigenvalue weighted by Gasteiger charge is 2.40. The molecule has 0 aromatic carbocycles. The molecule has 118 valence electrons. The fourth-order valence-electron chi connectivity index (χ4n) is 1.27. The average molecular weight is 337 g/mol. The zero-order valence-electron chi connectivity index (χ0n) is 9.47. The van der Waals surface area contributed by atoms with Crippen molar-refractivity contribution >= 4 is 15.7 Å². The van der Waals surface area contributed by atoms with Gasteiger partial charge >= 0.3 is 12.0 Å². The Morgan fingerprint density at radius 1 is 1.38 bits per heavy atom. The number of alkyl halides is 5. The van der Waals surface area contributed by atoms with Crippen LogP contribution in [0, 0.1) is 10.1 Å². The van der Waals surface area contributed by atoms with Crippen molar-refractivity contribution in [1.29, 1.82) is 0 Å². The van der Waals surface area contributed by atoms with Crippen molar-refractivity contribution in [1.82, 2.24) is 4.98 Å². The molecule has 1 heterocycles. The minimum atomic E-state index is -5.46. The van der Waals surface area contributed by atoms with Gasteiger partial charge in [0.1, 0.15) is 0 Å². The Hall–Kier alpha value is -2.09. The van der Waals surface area contributed by atoms with Crippen molar-refractivity contribution in [2.24, 2.45) is 5.14 Å². The summed E-state index contributed by atoms with van der Waals surface area (Å²) in [6.07, 6.45) is -9.30. The molecule has 0 aliphatic rings. The second-order valence-corrected chi connectivity index (χ2v) is 4.87. The van der Waals surface area contributed by atoms with Crippen molar-refractivity contribution in [3.8, 4) is 5.88 Å². The molecule has 0 amide bonds. The number of halogens is 5. The minimum Gasteiger partial charge on any atom is -0.387 e. The van der Waals surface area contributed by atoms with E-state index < -0.39 is 49.8 Å². The number of hydrogen-bond donors (Lipinski definition) is 1. The molecule has 0 radical (unpaired) electrons. The Labute approximate surface area is 112 Å². The lowest BCUT2D eigenvalue weighted by Crippen LogP contribution is -2.21. The molecule has 14 heteroatoms. The highest BCUT2D eigenvalue weighted by molar-refractivity contribution is 7.89. The highest BCUT2D eigenvalue weighted by Crippen LogP contribution is 2.40. The summed E-state index contributed by atoms with van der Waals surface area (Å²) < 4.78 is 86.9. The summed E-state index contributed by atoms with van der Waals surface area (Å²) in [5.74, 6) is -1.84. The van der Waals surface area contributed by atoms with E-state index in [1.54, 1.807) is 0 Å². The number of nitrogens with two attached hydrogens (primary N) is 1. The molecule has 8 nitrogen and oxygen atoms in total. The van der Waals surface area contributed by atoms with Gasteiger partial charge in [0.2, 0.25) is 15.9 Å². The van der Waals surface area contributed by atoms with Gasteiger partial charge in [-0.25, -0.2) is 27.3 Å². The number of pyridine rings is 1.